The first kappa shape index (κ1) is 27.8. The van der Waals surface area contributed by atoms with Crippen molar-refractivity contribution in [2.24, 2.45) is 10.5 Å². The first-order valence-corrected chi connectivity index (χ1v) is 12.1. The van der Waals surface area contributed by atoms with Crippen molar-refractivity contribution in [3.63, 3.8) is 0 Å². The summed E-state index contributed by atoms with van der Waals surface area (Å²) < 4.78 is 12.3. The van der Waals surface area contributed by atoms with Crippen LogP contribution < -0.4 is 14.9 Å². The highest BCUT2D eigenvalue weighted by molar-refractivity contribution is 9.11. The number of carbonyl (C=O) groups is 1. The quantitative estimate of drug-likeness (QED) is 0.205. The van der Waals surface area contributed by atoms with Crippen LogP contribution in [0.2, 0.25) is 0 Å². The maximum atomic E-state index is 12.2. The molecule has 2 aromatic rings. The number of carbonyl (C=O) groups excluding carboxylic acids is 1. The van der Waals surface area contributed by atoms with E-state index in [9.17, 15) is 14.9 Å². The molecule has 0 heterocycles. The van der Waals surface area contributed by atoms with E-state index in [1.165, 1.54) is 31.5 Å². The zero-order chi connectivity index (χ0) is 25.7. The predicted octanol–water partition coefficient (Wildman–Crippen LogP) is 6.37. The summed E-state index contributed by atoms with van der Waals surface area (Å²) in [4.78, 5) is 22.7. The molecular weight excluding hydrogens is 570 g/mol. The Balaban J connectivity index is 2.05. The fourth-order valence-corrected chi connectivity index (χ4v) is 5.21. The third kappa shape index (κ3) is 7.80. The van der Waals surface area contributed by atoms with Crippen molar-refractivity contribution in [3.8, 4) is 11.5 Å². The molecule has 0 saturated carbocycles. The number of methoxy groups -OCH3 is 1. The van der Waals surface area contributed by atoms with Crippen LogP contribution in [0.25, 0.3) is 0 Å². The Labute approximate surface area is 216 Å². The van der Waals surface area contributed by atoms with E-state index in [1.807, 2.05) is 12.1 Å². The van der Waals surface area contributed by atoms with Crippen LogP contribution in [-0.2, 0) is 10.2 Å². The van der Waals surface area contributed by atoms with E-state index in [2.05, 4.69) is 77.0 Å². The SMILES string of the molecule is COc1ccc([N+](=O)[O-])cc1/C=N\NC(=O)COc1c(Br)cc(C(C)(C)CC(C)(C)C)cc1Br. The molecule has 0 spiro atoms. The van der Waals surface area contributed by atoms with Crippen molar-refractivity contribution in [2.75, 3.05) is 13.7 Å². The van der Waals surface area contributed by atoms with Gasteiger partial charge in [0.1, 0.15) is 11.5 Å². The molecule has 0 fully saturated rings. The number of nitro benzene ring substituents is 1. The smallest absolute Gasteiger partial charge is 0.277 e. The topological polar surface area (TPSA) is 103 Å². The van der Waals surface area contributed by atoms with Crippen LogP contribution in [0.4, 0.5) is 5.69 Å². The molecule has 10 heteroatoms. The van der Waals surface area contributed by atoms with Crippen molar-refractivity contribution in [3.05, 3.63) is 60.5 Å². The molecule has 34 heavy (non-hydrogen) atoms. The molecule has 0 atom stereocenters. The Bertz CT molecular complexity index is 1070. The average Bonchev–Trinajstić information content (AvgIpc) is 2.71. The van der Waals surface area contributed by atoms with Gasteiger partial charge in [0.2, 0.25) is 0 Å². The molecule has 0 aromatic heterocycles. The molecule has 184 valence electrons. The fourth-order valence-electron chi connectivity index (χ4n) is 3.80. The van der Waals surface area contributed by atoms with Crippen LogP contribution in [-0.4, -0.2) is 30.8 Å². The van der Waals surface area contributed by atoms with Crippen LogP contribution in [0.15, 0.2) is 44.4 Å². The molecule has 0 aliphatic rings. The summed E-state index contributed by atoms with van der Waals surface area (Å²) in [6.45, 7) is 10.8. The van der Waals surface area contributed by atoms with E-state index >= 15 is 0 Å². The summed E-state index contributed by atoms with van der Waals surface area (Å²) in [5, 5.41) is 14.8. The first-order valence-electron chi connectivity index (χ1n) is 10.5. The Morgan fingerprint density at radius 1 is 1.15 bits per heavy atom. The molecule has 2 aromatic carbocycles. The lowest BCUT2D eigenvalue weighted by Crippen LogP contribution is -2.26. The van der Waals surface area contributed by atoms with Gasteiger partial charge in [0.15, 0.2) is 6.61 Å². The van der Waals surface area contributed by atoms with Crippen molar-refractivity contribution in [1.29, 1.82) is 0 Å². The van der Waals surface area contributed by atoms with E-state index in [4.69, 9.17) is 9.47 Å². The number of amides is 1. The minimum absolute atomic E-state index is 0.0541. The Morgan fingerprint density at radius 2 is 1.76 bits per heavy atom. The Hall–Kier alpha value is -2.46. The highest BCUT2D eigenvalue weighted by atomic mass is 79.9. The summed E-state index contributed by atoms with van der Waals surface area (Å²) in [6.07, 6.45) is 2.27. The number of nitrogens with zero attached hydrogens (tertiary/aromatic N) is 2. The largest absolute Gasteiger partial charge is 0.496 e. The van der Waals surface area contributed by atoms with Gasteiger partial charge in [-0.25, -0.2) is 5.43 Å². The number of non-ortho nitro benzene ring substituents is 1. The van der Waals surface area contributed by atoms with E-state index in [-0.39, 0.29) is 23.1 Å². The van der Waals surface area contributed by atoms with Gasteiger partial charge in [-0.2, -0.15) is 5.10 Å². The number of nitrogens with one attached hydrogen (secondary N) is 1. The minimum Gasteiger partial charge on any atom is -0.496 e. The number of hydrogen-bond donors (Lipinski definition) is 1. The maximum Gasteiger partial charge on any atom is 0.277 e. The number of benzene rings is 2. The van der Waals surface area contributed by atoms with Gasteiger partial charge in [0.25, 0.3) is 11.6 Å². The van der Waals surface area contributed by atoms with Crippen molar-refractivity contribution in [1.82, 2.24) is 5.43 Å². The zero-order valence-corrected chi connectivity index (χ0v) is 23.2. The fraction of sp³-hybridized carbons (Fsp3) is 0.417. The lowest BCUT2D eigenvalue weighted by atomic mass is 9.72. The van der Waals surface area contributed by atoms with Crippen LogP contribution in [0.5, 0.6) is 11.5 Å². The number of nitro groups is 1. The van der Waals surface area contributed by atoms with Crippen LogP contribution in [0.1, 0.15) is 52.2 Å². The second-order valence-electron chi connectivity index (χ2n) is 9.66. The van der Waals surface area contributed by atoms with Gasteiger partial charge in [-0.3, -0.25) is 14.9 Å². The van der Waals surface area contributed by atoms with E-state index in [1.54, 1.807) is 0 Å². The van der Waals surface area contributed by atoms with Crippen LogP contribution >= 0.6 is 31.9 Å². The van der Waals surface area contributed by atoms with Crippen LogP contribution in [0.3, 0.4) is 0 Å². The van der Waals surface area contributed by atoms with Gasteiger partial charge >= 0.3 is 0 Å². The molecule has 0 unspecified atom stereocenters. The Morgan fingerprint density at radius 3 is 2.29 bits per heavy atom. The van der Waals surface area contributed by atoms with Gasteiger partial charge in [0.05, 0.1) is 27.2 Å². The van der Waals surface area contributed by atoms with Crippen LogP contribution in [0, 0.1) is 15.5 Å². The molecule has 0 saturated heterocycles. The molecule has 0 aliphatic carbocycles. The molecule has 0 radical (unpaired) electrons. The molecule has 1 N–H and O–H groups in total. The first-order chi connectivity index (χ1) is 15.7. The second kappa shape index (κ2) is 11.3. The highest BCUT2D eigenvalue weighted by Gasteiger charge is 2.28. The molecule has 8 nitrogen and oxygen atoms in total. The summed E-state index contributed by atoms with van der Waals surface area (Å²) in [5.74, 6) is 0.411. The number of rotatable bonds is 9. The van der Waals surface area contributed by atoms with E-state index in [0.717, 1.165) is 20.9 Å². The summed E-state index contributed by atoms with van der Waals surface area (Å²) >= 11 is 7.11. The van der Waals surface area contributed by atoms with Crippen molar-refractivity contribution < 1.29 is 19.2 Å². The molecule has 0 bridgehead atoms. The normalized spacial score (nSPS) is 12.0. The van der Waals surface area contributed by atoms with Gasteiger partial charge in [-0.15, -0.1) is 0 Å². The molecular formula is C24H29Br2N3O5. The minimum atomic E-state index is -0.519. The maximum absolute atomic E-state index is 12.2. The predicted molar refractivity (Wildman–Crippen MR) is 140 cm³/mol. The average molecular weight is 599 g/mol. The van der Waals surface area contributed by atoms with Gasteiger partial charge in [0, 0.05) is 17.7 Å². The lowest BCUT2D eigenvalue weighted by Gasteiger charge is -2.33. The number of hydrazone groups is 1. The monoisotopic (exact) mass is 597 g/mol. The Kier molecular flexibility index (Phi) is 9.24. The summed E-state index contributed by atoms with van der Waals surface area (Å²) in [6, 6.07) is 8.12. The van der Waals surface area contributed by atoms with Crippen molar-refractivity contribution in [2.45, 2.75) is 46.5 Å². The second-order valence-corrected chi connectivity index (χ2v) is 11.4. The molecule has 2 rings (SSSR count). The molecule has 0 aliphatic heterocycles. The van der Waals surface area contributed by atoms with Crippen molar-refractivity contribution >= 4 is 49.7 Å². The number of halogens is 2. The van der Waals surface area contributed by atoms with E-state index in [0.29, 0.717) is 17.1 Å². The van der Waals surface area contributed by atoms with E-state index < -0.39 is 10.8 Å². The lowest BCUT2D eigenvalue weighted by molar-refractivity contribution is -0.384. The third-order valence-electron chi connectivity index (χ3n) is 4.92. The summed E-state index contributed by atoms with van der Waals surface area (Å²) in [5.41, 5.74) is 3.86. The number of hydrogen-bond acceptors (Lipinski definition) is 6. The third-order valence-corrected chi connectivity index (χ3v) is 6.09. The number of ether oxygens (including phenoxy) is 2. The molecule has 1 amide bonds. The summed E-state index contributed by atoms with van der Waals surface area (Å²) in [7, 11) is 1.44. The van der Waals surface area contributed by atoms with Gasteiger partial charge < -0.3 is 9.47 Å². The van der Waals surface area contributed by atoms with Gasteiger partial charge in [-0.1, -0.05) is 34.6 Å². The standard InChI is InChI=1S/C24H29Br2N3O5/c1-23(2,3)14-24(4,5)16-10-18(25)22(19(26)11-16)34-13-21(30)28-27-12-15-9-17(29(31)32)7-8-20(15)33-6/h7-12H,13-14H2,1-6H3,(H,28,30)/b27-12-. The highest BCUT2D eigenvalue weighted by Crippen LogP contribution is 2.42. The van der Waals surface area contributed by atoms with Gasteiger partial charge in [-0.05, 0) is 72.9 Å². The zero-order valence-electron chi connectivity index (χ0n) is 20.1.